The van der Waals surface area contributed by atoms with Crippen molar-refractivity contribution in [1.29, 1.82) is 0 Å². The Labute approximate surface area is 209 Å². The third kappa shape index (κ3) is 14.9. The molecule has 0 amide bonds. The van der Waals surface area contributed by atoms with Gasteiger partial charge in [-0.15, -0.1) is 5.10 Å². The van der Waals surface area contributed by atoms with Gasteiger partial charge in [-0.25, -0.2) is 4.79 Å². The van der Waals surface area contributed by atoms with Crippen LogP contribution >= 0.6 is 11.5 Å². The van der Waals surface area contributed by atoms with E-state index in [0.29, 0.717) is 0 Å². The van der Waals surface area contributed by atoms with Crippen LogP contribution in [-0.4, -0.2) is 26.8 Å². The summed E-state index contributed by atoms with van der Waals surface area (Å²) in [6, 6.07) is 6.65. The molecule has 34 heavy (non-hydrogen) atoms. The molecule has 1 unspecified atom stereocenters. The van der Waals surface area contributed by atoms with Crippen LogP contribution in [0.3, 0.4) is 0 Å². The van der Waals surface area contributed by atoms with Crippen molar-refractivity contribution in [3.8, 4) is 10.8 Å². The second-order valence-corrected chi connectivity index (χ2v) is 9.50. The molecule has 0 aliphatic heterocycles. The average molecular weight is 492 g/mol. The number of rotatable bonds is 17. The number of para-hydroxylation sites is 1. The third-order valence-electron chi connectivity index (χ3n) is 5.75. The number of aromatic nitrogens is 2. The third-order valence-corrected chi connectivity index (χ3v) is 6.21. The Bertz CT molecular complexity index is 740. The molecule has 0 saturated heterocycles. The molecule has 1 heterocycles. The molecule has 2 rings (SSSR count). The zero-order valence-electron chi connectivity index (χ0n) is 21.0. The topological polar surface area (TPSA) is 92.2 Å². The predicted molar refractivity (Wildman–Crippen MR) is 138 cm³/mol. The van der Waals surface area contributed by atoms with Crippen LogP contribution in [0.4, 0.5) is 0 Å². The molecule has 0 bridgehead atoms. The maximum absolute atomic E-state index is 12.5. The van der Waals surface area contributed by atoms with E-state index >= 15 is 0 Å². The molecule has 7 heteroatoms. The predicted octanol–water partition coefficient (Wildman–Crippen LogP) is 8.49. The van der Waals surface area contributed by atoms with Crippen molar-refractivity contribution in [2.75, 3.05) is 0 Å². The molecule has 1 atom stereocenters. The zero-order chi connectivity index (χ0) is 24.9. The summed E-state index contributed by atoms with van der Waals surface area (Å²) in [5.41, 5.74) is 0.273. The number of carbonyl (C=O) groups is 1. The first-order chi connectivity index (χ1) is 16.6. The van der Waals surface area contributed by atoms with E-state index in [4.69, 9.17) is 4.74 Å². The maximum atomic E-state index is 12.5. The number of phenols is 1. The van der Waals surface area contributed by atoms with E-state index in [1.54, 1.807) is 18.2 Å². The van der Waals surface area contributed by atoms with Gasteiger partial charge < -0.3 is 9.84 Å². The second-order valence-electron chi connectivity index (χ2n) is 8.75. The smallest absolute Gasteiger partial charge is 0.342 e. The Morgan fingerprint density at radius 1 is 0.882 bits per heavy atom. The van der Waals surface area contributed by atoms with Gasteiger partial charge in [-0.1, -0.05) is 101 Å². The number of esters is 1. The first-order valence-electron chi connectivity index (χ1n) is 13.0. The highest BCUT2D eigenvalue weighted by molar-refractivity contribution is 7.07. The zero-order valence-corrected chi connectivity index (χ0v) is 21.9. The summed E-state index contributed by atoms with van der Waals surface area (Å²) in [6.45, 7) is 4.47. The number of carbonyl (C=O) groups excluding carboxylic acids is 1. The van der Waals surface area contributed by atoms with Crippen molar-refractivity contribution >= 4 is 17.5 Å². The number of nitrogens with zero attached hydrogens (tertiary/aromatic N) is 2. The lowest BCUT2D eigenvalue weighted by atomic mass is 10.0. The van der Waals surface area contributed by atoms with E-state index in [1.165, 1.54) is 82.9 Å². The number of phenolic OH excluding ortho intramolecular Hbond substituents is 1. The summed E-state index contributed by atoms with van der Waals surface area (Å²) in [6.07, 6.45) is 19.3. The molecule has 0 fully saturated rings. The van der Waals surface area contributed by atoms with Crippen LogP contribution in [0.1, 0.15) is 121 Å². The number of benzene rings is 1. The molecule has 1 radical (unpaired) electrons. The molecule has 2 aromatic rings. The molecule has 1 aromatic heterocycles. The van der Waals surface area contributed by atoms with E-state index in [9.17, 15) is 15.0 Å². The number of ether oxygens (including phenoxy) is 1. The lowest BCUT2D eigenvalue weighted by molar-refractivity contribution is 0.0246. The SMILES string of the molecule is CCCCCCCCCC(CCCCCCCC)OC(=O)c1ccccc1O.[O]c1cnns1. The molecule has 191 valence electrons. The lowest BCUT2D eigenvalue weighted by Gasteiger charge is -2.18. The quantitative estimate of drug-likeness (QED) is 0.177. The molecule has 1 aromatic carbocycles. The van der Waals surface area contributed by atoms with Gasteiger partial charge >= 0.3 is 5.97 Å². The highest BCUT2D eigenvalue weighted by Crippen LogP contribution is 2.21. The van der Waals surface area contributed by atoms with Gasteiger partial charge in [-0.2, -0.15) is 0 Å². The minimum atomic E-state index is -0.392. The summed E-state index contributed by atoms with van der Waals surface area (Å²) in [7, 11) is 0. The molecule has 0 aliphatic rings. The maximum Gasteiger partial charge on any atom is 0.342 e. The Kier molecular flexibility index (Phi) is 17.8. The summed E-state index contributed by atoms with van der Waals surface area (Å²) in [5.74, 6) is -0.390. The monoisotopic (exact) mass is 491 g/mol. The Balaban J connectivity index is 0.000000830. The second kappa shape index (κ2) is 20.2. The standard InChI is InChI=1S/C25H42O3.C2HN2OS/c1-3-5-7-9-11-13-15-19-22(18-14-12-10-8-6-4-2)28-25(27)23-20-16-17-21-24(23)26;5-2-1-3-4-6-2/h16-17,20-22,26H,3-15,18-19H2,1-2H3;1H. The van der Waals surface area contributed by atoms with Gasteiger partial charge in [0.15, 0.2) is 0 Å². The van der Waals surface area contributed by atoms with Crippen LogP contribution < -0.4 is 0 Å². The van der Waals surface area contributed by atoms with E-state index in [0.717, 1.165) is 37.2 Å². The largest absolute Gasteiger partial charge is 0.507 e. The van der Waals surface area contributed by atoms with Crippen LogP contribution in [0.25, 0.3) is 0 Å². The highest BCUT2D eigenvalue weighted by Gasteiger charge is 2.18. The molecular weight excluding hydrogens is 448 g/mol. The fourth-order valence-electron chi connectivity index (χ4n) is 3.76. The minimum Gasteiger partial charge on any atom is -0.507 e. The van der Waals surface area contributed by atoms with E-state index in [-0.39, 0.29) is 22.5 Å². The number of unbranched alkanes of at least 4 members (excludes halogenated alkanes) is 11. The first kappa shape index (κ1) is 29.9. The Morgan fingerprint density at radius 2 is 1.41 bits per heavy atom. The van der Waals surface area contributed by atoms with Gasteiger partial charge in [0, 0.05) is 11.5 Å². The first-order valence-corrected chi connectivity index (χ1v) is 13.8. The van der Waals surface area contributed by atoms with Crippen LogP contribution in [-0.2, 0) is 9.84 Å². The van der Waals surface area contributed by atoms with Gasteiger partial charge in [-0.05, 0) is 37.8 Å². The van der Waals surface area contributed by atoms with Gasteiger partial charge in [0.05, 0.1) is 0 Å². The molecule has 0 saturated carbocycles. The molecule has 0 spiro atoms. The van der Waals surface area contributed by atoms with Gasteiger partial charge in [0.1, 0.15) is 23.6 Å². The number of hydrogen-bond donors (Lipinski definition) is 1. The van der Waals surface area contributed by atoms with Crippen molar-refractivity contribution < 1.29 is 19.7 Å². The fraction of sp³-hybridized carbons (Fsp3) is 0.667. The molecule has 6 nitrogen and oxygen atoms in total. The van der Waals surface area contributed by atoms with Crippen LogP contribution in [0.5, 0.6) is 10.8 Å². The lowest BCUT2D eigenvalue weighted by Crippen LogP contribution is -2.18. The van der Waals surface area contributed by atoms with Crippen molar-refractivity contribution in [3.63, 3.8) is 0 Å². The summed E-state index contributed by atoms with van der Waals surface area (Å²) >= 11 is 0.861. The molecular formula is C27H43N2O4S. The van der Waals surface area contributed by atoms with Gasteiger partial charge in [0.2, 0.25) is 0 Å². The van der Waals surface area contributed by atoms with Crippen LogP contribution in [0.2, 0.25) is 0 Å². The van der Waals surface area contributed by atoms with E-state index in [2.05, 4.69) is 23.4 Å². The van der Waals surface area contributed by atoms with E-state index in [1.807, 2.05) is 0 Å². The average Bonchev–Trinajstić information content (AvgIpc) is 3.32. The fourth-order valence-corrected chi connectivity index (χ4v) is 4.03. The van der Waals surface area contributed by atoms with Gasteiger partial charge in [-0.3, -0.25) is 5.11 Å². The minimum absolute atomic E-state index is 0.00161. The van der Waals surface area contributed by atoms with Gasteiger partial charge in [0.25, 0.3) is 5.06 Å². The van der Waals surface area contributed by atoms with Crippen molar-refractivity contribution in [3.05, 3.63) is 36.0 Å². The summed E-state index contributed by atoms with van der Waals surface area (Å²) < 4.78 is 9.09. The Hall–Kier alpha value is -2.15. The van der Waals surface area contributed by atoms with Crippen molar-refractivity contribution in [2.45, 2.75) is 116 Å². The summed E-state index contributed by atoms with van der Waals surface area (Å²) in [5, 5.41) is 23.1. The number of hydrogen-bond acceptors (Lipinski definition) is 6. The van der Waals surface area contributed by atoms with Crippen LogP contribution in [0.15, 0.2) is 30.5 Å². The molecule has 1 N–H and O–H groups in total. The van der Waals surface area contributed by atoms with Crippen molar-refractivity contribution in [1.82, 2.24) is 9.59 Å². The normalized spacial score (nSPS) is 11.5. The Morgan fingerprint density at radius 3 is 1.85 bits per heavy atom. The van der Waals surface area contributed by atoms with Crippen LogP contribution in [0, 0.1) is 0 Å². The van der Waals surface area contributed by atoms with Crippen molar-refractivity contribution in [2.24, 2.45) is 0 Å². The van der Waals surface area contributed by atoms with E-state index < -0.39 is 5.97 Å². The summed E-state index contributed by atoms with van der Waals surface area (Å²) in [4.78, 5) is 12.5. The number of aromatic hydroxyl groups is 1. The highest BCUT2D eigenvalue weighted by atomic mass is 32.1. The molecule has 0 aliphatic carbocycles.